The number of nitrogens with zero attached hydrogens (tertiary/aromatic N) is 3. The maximum Gasteiger partial charge on any atom is 0.255 e. The Morgan fingerprint density at radius 1 is 0.844 bits per heavy atom. The van der Waals surface area contributed by atoms with E-state index < -0.39 is 0 Å². The average molecular weight is 442 g/mol. The van der Waals surface area contributed by atoms with E-state index >= 15 is 0 Å². The molecule has 0 saturated carbocycles. The van der Waals surface area contributed by atoms with E-state index in [0.29, 0.717) is 80.8 Å². The highest BCUT2D eigenvalue weighted by Gasteiger charge is 2.26. The topological polar surface area (TPSA) is 81.2 Å². The van der Waals surface area contributed by atoms with E-state index in [4.69, 9.17) is 14.2 Å². The zero-order valence-corrected chi connectivity index (χ0v) is 19.0. The molecule has 2 heterocycles. The zero-order chi connectivity index (χ0) is 22.9. The maximum absolute atomic E-state index is 13.3. The summed E-state index contributed by atoms with van der Waals surface area (Å²) in [5.74, 6) is 1.31. The van der Waals surface area contributed by atoms with Crippen LogP contribution in [-0.4, -0.2) is 72.6 Å². The van der Waals surface area contributed by atoms with Gasteiger partial charge >= 0.3 is 0 Å². The van der Waals surface area contributed by atoms with Crippen molar-refractivity contribution in [1.82, 2.24) is 14.8 Å². The molecule has 1 aliphatic rings. The van der Waals surface area contributed by atoms with Crippen LogP contribution in [0.1, 0.15) is 47.9 Å². The van der Waals surface area contributed by atoms with Crippen molar-refractivity contribution < 1.29 is 23.8 Å². The van der Waals surface area contributed by atoms with Gasteiger partial charge in [-0.1, -0.05) is 0 Å². The molecular formula is C24H31N3O5. The molecule has 8 nitrogen and oxygen atoms in total. The summed E-state index contributed by atoms with van der Waals surface area (Å²) < 4.78 is 17.2. The smallest absolute Gasteiger partial charge is 0.255 e. The molecule has 2 aromatic rings. The number of ether oxygens (including phenoxy) is 3. The number of hydrogen-bond donors (Lipinski definition) is 0. The lowest BCUT2D eigenvalue weighted by molar-refractivity contribution is 0.0718. The molecule has 1 aromatic heterocycles. The van der Waals surface area contributed by atoms with E-state index in [9.17, 15) is 9.59 Å². The van der Waals surface area contributed by atoms with Gasteiger partial charge in [-0.25, -0.2) is 0 Å². The molecule has 0 spiro atoms. The van der Waals surface area contributed by atoms with Crippen LogP contribution in [0.5, 0.6) is 17.2 Å². The van der Waals surface area contributed by atoms with Gasteiger partial charge in [-0.05, 0) is 51.5 Å². The standard InChI is InChI=1S/C24H31N3O5/c1-4-30-20-15-19(16-21(31-5-2)22(20)32-6-3)24(29)27-12-8-11-26(13-14-27)23(28)18-9-7-10-25-17-18/h7,9-10,15-17H,4-6,8,11-14H2,1-3H3. The lowest BCUT2D eigenvalue weighted by Crippen LogP contribution is -2.37. The monoisotopic (exact) mass is 441 g/mol. The van der Waals surface area contributed by atoms with Crippen LogP contribution in [0.3, 0.4) is 0 Å². The summed E-state index contributed by atoms with van der Waals surface area (Å²) in [6.45, 7) is 9.07. The first-order valence-electron chi connectivity index (χ1n) is 11.1. The molecule has 2 amide bonds. The summed E-state index contributed by atoms with van der Waals surface area (Å²) in [6.07, 6.45) is 3.91. The minimum atomic E-state index is -0.120. The molecule has 32 heavy (non-hydrogen) atoms. The Labute approximate surface area is 189 Å². The molecule has 0 unspecified atom stereocenters. The van der Waals surface area contributed by atoms with Crippen LogP contribution < -0.4 is 14.2 Å². The van der Waals surface area contributed by atoms with Crippen molar-refractivity contribution in [3.63, 3.8) is 0 Å². The summed E-state index contributed by atoms with van der Waals surface area (Å²) in [7, 11) is 0. The first kappa shape index (κ1) is 23.4. The fraction of sp³-hybridized carbons (Fsp3) is 0.458. The molecule has 0 radical (unpaired) electrons. The highest BCUT2D eigenvalue weighted by Crippen LogP contribution is 2.39. The van der Waals surface area contributed by atoms with Gasteiger partial charge in [0.15, 0.2) is 11.5 Å². The molecule has 0 aliphatic carbocycles. The SMILES string of the molecule is CCOc1cc(C(=O)N2CCCN(C(=O)c3cccnc3)CC2)cc(OCC)c1OCC. The van der Waals surface area contributed by atoms with Crippen LogP contribution in [0.15, 0.2) is 36.7 Å². The van der Waals surface area contributed by atoms with E-state index in [0.717, 1.165) is 0 Å². The van der Waals surface area contributed by atoms with Crippen LogP contribution in [-0.2, 0) is 0 Å². The van der Waals surface area contributed by atoms with E-state index in [1.165, 1.54) is 0 Å². The van der Waals surface area contributed by atoms with Gasteiger partial charge in [0.2, 0.25) is 5.75 Å². The molecule has 0 bridgehead atoms. The van der Waals surface area contributed by atoms with Gasteiger partial charge in [0.05, 0.1) is 25.4 Å². The van der Waals surface area contributed by atoms with Gasteiger partial charge in [0, 0.05) is 44.1 Å². The molecule has 1 aromatic carbocycles. The van der Waals surface area contributed by atoms with Gasteiger partial charge in [0.25, 0.3) is 11.8 Å². The zero-order valence-electron chi connectivity index (χ0n) is 19.0. The number of aromatic nitrogens is 1. The number of pyridine rings is 1. The number of hydrogen-bond acceptors (Lipinski definition) is 6. The average Bonchev–Trinajstić information content (AvgIpc) is 3.07. The van der Waals surface area contributed by atoms with Crippen molar-refractivity contribution in [3.8, 4) is 17.2 Å². The second-order valence-corrected chi connectivity index (χ2v) is 7.28. The minimum Gasteiger partial charge on any atom is -0.490 e. The molecule has 8 heteroatoms. The molecule has 3 rings (SSSR count). The third-order valence-corrected chi connectivity index (χ3v) is 5.13. The number of carbonyl (C=O) groups excluding carboxylic acids is 2. The Balaban J connectivity index is 1.78. The van der Waals surface area contributed by atoms with E-state index in [1.807, 2.05) is 20.8 Å². The summed E-state index contributed by atoms with van der Waals surface area (Å²) in [5, 5.41) is 0. The van der Waals surface area contributed by atoms with Crippen LogP contribution in [0.2, 0.25) is 0 Å². The lowest BCUT2D eigenvalue weighted by Gasteiger charge is -2.23. The highest BCUT2D eigenvalue weighted by atomic mass is 16.5. The van der Waals surface area contributed by atoms with Crippen molar-refractivity contribution in [2.75, 3.05) is 46.0 Å². The van der Waals surface area contributed by atoms with Gasteiger partial charge in [0.1, 0.15) is 0 Å². The predicted octanol–water partition coefficient (Wildman–Crippen LogP) is 3.27. The Kier molecular flexibility index (Phi) is 8.30. The van der Waals surface area contributed by atoms with Crippen molar-refractivity contribution in [2.45, 2.75) is 27.2 Å². The van der Waals surface area contributed by atoms with Crippen LogP contribution in [0.25, 0.3) is 0 Å². The van der Waals surface area contributed by atoms with E-state index in [2.05, 4.69) is 4.98 Å². The first-order valence-corrected chi connectivity index (χ1v) is 11.1. The van der Waals surface area contributed by atoms with Crippen molar-refractivity contribution in [1.29, 1.82) is 0 Å². The predicted molar refractivity (Wildman–Crippen MR) is 121 cm³/mol. The van der Waals surface area contributed by atoms with E-state index in [-0.39, 0.29) is 11.8 Å². The van der Waals surface area contributed by atoms with Gasteiger partial charge in [-0.15, -0.1) is 0 Å². The maximum atomic E-state index is 13.3. The molecular weight excluding hydrogens is 410 g/mol. The first-order chi connectivity index (χ1) is 15.6. The molecule has 0 atom stereocenters. The molecule has 172 valence electrons. The fourth-order valence-corrected chi connectivity index (χ4v) is 3.69. The molecule has 1 aliphatic heterocycles. The molecule has 1 fully saturated rings. The highest BCUT2D eigenvalue weighted by molar-refractivity contribution is 5.96. The summed E-state index contributed by atoms with van der Waals surface area (Å²) in [4.78, 5) is 33.7. The molecule has 1 saturated heterocycles. The second-order valence-electron chi connectivity index (χ2n) is 7.28. The van der Waals surface area contributed by atoms with Crippen LogP contribution in [0.4, 0.5) is 0 Å². The quantitative estimate of drug-likeness (QED) is 0.626. The second kappa shape index (κ2) is 11.4. The van der Waals surface area contributed by atoms with Gasteiger partial charge in [-0.3, -0.25) is 14.6 Å². The largest absolute Gasteiger partial charge is 0.490 e. The number of amides is 2. The van der Waals surface area contributed by atoms with Crippen LogP contribution >= 0.6 is 0 Å². The molecule has 0 N–H and O–H groups in total. The lowest BCUT2D eigenvalue weighted by atomic mass is 10.1. The summed E-state index contributed by atoms with van der Waals surface area (Å²) in [5.41, 5.74) is 1.04. The summed E-state index contributed by atoms with van der Waals surface area (Å²) in [6, 6.07) is 6.93. The van der Waals surface area contributed by atoms with Crippen molar-refractivity contribution >= 4 is 11.8 Å². The van der Waals surface area contributed by atoms with Crippen LogP contribution in [0, 0.1) is 0 Å². The van der Waals surface area contributed by atoms with Gasteiger partial charge in [-0.2, -0.15) is 0 Å². The Bertz CT molecular complexity index is 892. The normalized spacial score (nSPS) is 14.0. The Morgan fingerprint density at radius 3 is 1.91 bits per heavy atom. The minimum absolute atomic E-state index is 0.0641. The van der Waals surface area contributed by atoms with Crippen molar-refractivity contribution in [3.05, 3.63) is 47.8 Å². The summed E-state index contributed by atoms with van der Waals surface area (Å²) >= 11 is 0. The Morgan fingerprint density at radius 2 is 1.41 bits per heavy atom. The number of carbonyl (C=O) groups is 2. The Hall–Kier alpha value is -3.29. The fourth-order valence-electron chi connectivity index (χ4n) is 3.69. The van der Waals surface area contributed by atoms with Gasteiger partial charge < -0.3 is 24.0 Å². The number of benzene rings is 1. The number of rotatable bonds is 8. The van der Waals surface area contributed by atoms with E-state index in [1.54, 1.807) is 46.5 Å². The third kappa shape index (κ3) is 5.49. The third-order valence-electron chi connectivity index (χ3n) is 5.13. The van der Waals surface area contributed by atoms with Crippen molar-refractivity contribution in [2.24, 2.45) is 0 Å².